The number of rotatable bonds is 6. The summed E-state index contributed by atoms with van der Waals surface area (Å²) in [7, 11) is 4.92. The van der Waals surface area contributed by atoms with Crippen molar-refractivity contribution >= 4 is 66.8 Å². The van der Waals surface area contributed by atoms with Crippen LogP contribution < -0.4 is 16.0 Å². The number of hydrogen-bond acceptors (Lipinski definition) is 10. The summed E-state index contributed by atoms with van der Waals surface area (Å²) in [6.45, 7) is -1.49. The van der Waals surface area contributed by atoms with Gasteiger partial charge in [-0.1, -0.05) is 104 Å². The first-order chi connectivity index (χ1) is 18.6. The summed E-state index contributed by atoms with van der Waals surface area (Å²) in [5.41, 5.74) is 1.49. The van der Waals surface area contributed by atoms with E-state index in [1.165, 1.54) is 11.9 Å². The lowest BCUT2D eigenvalue weighted by molar-refractivity contribution is -0.152. The van der Waals surface area contributed by atoms with Crippen molar-refractivity contribution in [1.29, 1.82) is 0 Å². The van der Waals surface area contributed by atoms with Crippen molar-refractivity contribution in [3.05, 3.63) is 71.8 Å². The van der Waals surface area contributed by atoms with Crippen LogP contribution in [-0.4, -0.2) is 78.5 Å². The first-order valence-corrected chi connectivity index (χ1v) is 16.2. The molecule has 14 heteroatoms. The molecule has 206 valence electrons. The number of nitrogens with one attached hydrogen (secondary N) is 3. The number of carbonyl (C=O) groups excluding carboxylic acids is 4. The largest absolute Gasteiger partial charge is 0.392 e. The first-order valence-electron chi connectivity index (χ1n) is 11.9. The average Bonchev–Trinajstić information content (AvgIpc) is 2.95. The number of piperazine rings is 2. The molecule has 6 aliphatic heterocycles. The van der Waals surface area contributed by atoms with E-state index < -0.39 is 56.3 Å². The molecular weight excluding hydrogens is 581 g/mol. The lowest BCUT2D eigenvalue weighted by Gasteiger charge is -2.52. The second-order valence-corrected chi connectivity index (χ2v) is 14.9. The molecular formula is C25H26N4O6S4. The molecule has 0 radical (unpaired) electrons. The van der Waals surface area contributed by atoms with Crippen LogP contribution in [0.3, 0.4) is 0 Å². The van der Waals surface area contributed by atoms with E-state index in [2.05, 4.69) is 16.0 Å². The van der Waals surface area contributed by atoms with E-state index in [0.29, 0.717) is 0 Å². The van der Waals surface area contributed by atoms with Crippen LogP contribution in [0, 0.1) is 0 Å². The second-order valence-electron chi connectivity index (χ2n) is 9.47. The van der Waals surface area contributed by atoms with Gasteiger partial charge in [-0.15, -0.1) is 0 Å². The van der Waals surface area contributed by atoms with E-state index >= 15 is 0 Å². The van der Waals surface area contributed by atoms with Gasteiger partial charge in [-0.25, -0.2) is 0 Å². The van der Waals surface area contributed by atoms with Gasteiger partial charge >= 0.3 is 0 Å². The molecule has 39 heavy (non-hydrogen) atoms. The highest BCUT2D eigenvalue weighted by molar-refractivity contribution is 8.78. The molecule has 6 aliphatic rings. The maximum absolute atomic E-state index is 13.9. The highest BCUT2D eigenvalue weighted by Crippen LogP contribution is 2.54. The molecule has 0 saturated carbocycles. The third kappa shape index (κ3) is 4.70. The van der Waals surface area contributed by atoms with Crippen molar-refractivity contribution in [2.75, 3.05) is 20.3 Å². The smallest absolute Gasteiger partial charge is 0.263 e. The molecule has 0 aromatic heterocycles. The van der Waals surface area contributed by atoms with Crippen molar-refractivity contribution in [2.45, 2.75) is 32.3 Å². The third-order valence-electron chi connectivity index (χ3n) is 6.90. The van der Waals surface area contributed by atoms with E-state index in [1.807, 2.05) is 36.4 Å². The van der Waals surface area contributed by atoms with E-state index in [0.717, 1.165) is 54.3 Å². The van der Waals surface area contributed by atoms with Gasteiger partial charge < -0.3 is 31.1 Å². The normalized spacial score (nSPS) is 32.6. The Kier molecular flexibility index (Phi) is 7.63. The number of nitrogens with zero attached hydrogens (tertiary/aromatic N) is 1. The number of amides is 4. The zero-order valence-electron chi connectivity index (χ0n) is 20.7. The Morgan fingerprint density at radius 2 is 1.10 bits per heavy atom. The summed E-state index contributed by atoms with van der Waals surface area (Å²) in [5.74, 6) is -2.30. The lowest BCUT2D eigenvalue weighted by Crippen LogP contribution is -2.77. The summed E-state index contributed by atoms with van der Waals surface area (Å²) in [4.78, 5) is 49.8. The second kappa shape index (κ2) is 10.6. The van der Waals surface area contributed by atoms with Gasteiger partial charge in [0.1, 0.15) is 0 Å². The highest BCUT2D eigenvalue weighted by atomic mass is 33.1. The van der Waals surface area contributed by atoms with Crippen molar-refractivity contribution < 1.29 is 29.4 Å². The third-order valence-corrected chi connectivity index (χ3v) is 13.9. The van der Waals surface area contributed by atoms with Crippen molar-refractivity contribution in [1.82, 2.24) is 20.9 Å². The van der Waals surface area contributed by atoms with Gasteiger partial charge in [0.2, 0.25) is 0 Å². The fraction of sp³-hybridized carbons (Fsp3) is 0.360. The van der Waals surface area contributed by atoms with Crippen LogP contribution in [0.2, 0.25) is 0 Å². The molecule has 2 aromatic rings. The quantitative estimate of drug-likeness (QED) is 0.300. The molecule has 0 aliphatic carbocycles. The van der Waals surface area contributed by atoms with Crippen molar-refractivity contribution in [2.24, 2.45) is 0 Å². The molecule has 6 saturated heterocycles. The van der Waals surface area contributed by atoms with E-state index in [9.17, 15) is 29.4 Å². The van der Waals surface area contributed by atoms with Gasteiger partial charge in [-0.3, -0.25) is 19.2 Å². The fourth-order valence-electron chi connectivity index (χ4n) is 4.56. The van der Waals surface area contributed by atoms with Gasteiger partial charge in [0.05, 0.1) is 13.2 Å². The predicted molar refractivity (Wildman–Crippen MR) is 153 cm³/mol. The number of hydrogen-bond donors (Lipinski definition) is 5. The molecule has 0 unspecified atom stereocenters. The summed E-state index contributed by atoms with van der Waals surface area (Å²) in [6, 6.07) is 18.1. The molecule has 2 aromatic carbocycles. The Bertz CT molecular complexity index is 1310. The fourth-order valence-corrected chi connectivity index (χ4v) is 10.8. The van der Waals surface area contributed by atoms with Crippen molar-refractivity contribution in [3.8, 4) is 0 Å². The number of carbonyl (C=O) groups is 4. The Labute approximate surface area is 240 Å². The minimum Gasteiger partial charge on any atom is -0.392 e. The summed E-state index contributed by atoms with van der Waals surface area (Å²) < 4.78 is 0. The van der Waals surface area contributed by atoms with Gasteiger partial charge in [-0.2, -0.15) is 0 Å². The summed E-state index contributed by atoms with van der Waals surface area (Å²) in [6.07, 6.45) is 0.133. The molecule has 10 nitrogen and oxygen atoms in total. The first kappa shape index (κ1) is 28.2. The summed E-state index contributed by atoms with van der Waals surface area (Å²) >= 11 is 0. The molecule has 0 spiro atoms. The van der Waals surface area contributed by atoms with Gasteiger partial charge in [0, 0.05) is 19.9 Å². The van der Waals surface area contributed by atoms with Gasteiger partial charge in [0.15, 0.2) is 19.5 Å². The van der Waals surface area contributed by atoms with Crippen LogP contribution in [0.25, 0.3) is 0 Å². The summed E-state index contributed by atoms with van der Waals surface area (Å²) in [5, 5.41) is 29.2. The number of aliphatic hydroxyl groups excluding tert-OH is 2. The minimum atomic E-state index is -1.81. The Hall–Kier alpha value is -2.36. The Morgan fingerprint density at radius 3 is 1.69 bits per heavy atom. The van der Waals surface area contributed by atoms with Crippen LogP contribution >= 0.6 is 43.2 Å². The van der Waals surface area contributed by atoms with Crippen LogP contribution in [0.15, 0.2) is 60.7 Å². The zero-order valence-corrected chi connectivity index (χ0v) is 24.0. The zero-order chi connectivity index (χ0) is 27.9. The molecule has 4 amide bonds. The average molecular weight is 607 g/mol. The van der Waals surface area contributed by atoms with Gasteiger partial charge in [-0.05, 0) is 11.1 Å². The van der Waals surface area contributed by atoms with Crippen LogP contribution in [0.5, 0.6) is 0 Å². The minimum absolute atomic E-state index is 0.0554. The number of benzene rings is 2. The number of likely N-dealkylation sites (N-methyl/N-ethyl adjacent to an activating group) is 1. The maximum atomic E-state index is 13.9. The Morgan fingerprint density at radius 1 is 0.641 bits per heavy atom. The SMILES string of the molecule is CN1C(=O)[C@]2(CO)NC(=O)[C@@]1(Cc1ccccc1)SS[C@@]1(CO)NC(=O)[C@](Cc3ccccc3)(NC1=O)SS2. The predicted octanol–water partition coefficient (Wildman–Crippen LogP) is 0.852. The highest BCUT2D eigenvalue weighted by Gasteiger charge is 2.64. The molecule has 4 atom stereocenters. The van der Waals surface area contributed by atoms with Crippen LogP contribution in [-0.2, 0) is 32.0 Å². The van der Waals surface area contributed by atoms with Gasteiger partial charge in [0.25, 0.3) is 23.6 Å². The van der Waals surface area contributed by atoms with Crippen molar-refractivity contribution in [3.63, 3.8) is 0 Å². The van der Waals surface area contributed by atoms with E-state index in [-0.39, 0.29) is 12.8 Å². The molecule has 8 rings (SSSR count). The Balaban J connectivity index is 1.62. The van der Waals surface area contributed by atoms with E-state index in [1.54, 1.807) is 24.3 Å². The maximum Gasteiger partial charge on any atom is 0.263 e. The lowest BCUT2D eigenvalue weighted by atomic mass is 9.99. The molecule has 5 N–H and O–H groups in total. The molecule has 6 heterocycles. The molecule has 6 fully saturated rings. The standard InChI is InChI=1S/C25H26N4O6S4/c1-29-21(35)24(15-31)28-20(34)25(29,13-17-10-6-3-7-11-17)39-37-23(14-30)19(33)26-22(36-38-24,18(32)27-23)12-16-8-4-2-5-9-16/h2-11,30-31H,12-15H2,1H3,(H,26,33)(H,27,32)(H,28,34)/t22-,23-,24-,25-/m1/s1. The number of aliphatic hydroxyl groups is 2. The van der Waals surface area contributed by atoms with Crippen LogP contribution in [0.1, 0.15) is 11.1 Å². The monoisotopic (exact) mass is 606 g/mol. The topological polar surface area (TPSA) is 148 Å². The van der Waals surface area contributed by atoms with Crippen LogP contribution in [0.4, 0.5) is 0 Å². The molecule has 4 bridgehead atoms. The van der Waals surface area contributed by atoms with E-state index in [4.69, 9.17) is 0 Å².